The van der Waals surface area contributed by atoms with Gasteiger partial charge in [0.05, 0.1) is 11.5 Å². The first-order valence-electron chi connectivity index (χ1n) is 3.16. The summed E-state index contributed by atoms with van der Waals surface area (Å²) in [6, 6.07) is 0. The lowest BCUT2D eigenvalue weighted by Gasteiger charge is -2.11. The summed E-state index contributed by atoms with van der Waals surface area (Å²) in [7, 11) is -2.81. The standard InChI is InChI=1S/C7H10O2S/c1-3-7(2)4-5-10(8,9)6-7/h1H,4-6H2,2H3. The lowest BCUT2D eigenvalue weighted by atomic mass is 9.92. The summed E-state index contributed by atoms with van der Waals surface area (Å²) in [6.45, 7) is 1.82. The molecule has 1 fully saturated rings. The molecule has 0 N–H and O–H groups in total. The summed E-state index contributed by atoms with van der Waals surface area (Å²) < 4.78 is 21.8. The third-order valence-electron chi connectivity index (χ3n) is 1.85. The van der Waals surface area contributed by atoms with Gasteiger partial charge in [0.25, 0.3) is 0 Å². The van der Waals surface area contributed by atoms with Crippen LogP contribution < -0.4 is 0 Å². The fourth-order valence-electron chi connectivity index (χ4n) is 1.12. The number of hydrogen-bond donors (Lipinski definition) is 0. The molecule has 1 aliphatic rings. The first-order chi connectivity index (χ1) is 4.47. The van der Waals surface area contributed by atoms with Crippen LogP contribution in [0.15, 0.2) is 0 Å². The highest BCUT2D eigenvalue weighted by atomic mass is 32.2. The molecule has 0 saturated carbocycles. The predicted molar refractivity (Wildman–Crippen MR) is 40.2 cm³/mol. The van der Waals surface area contributed by atoms with Gasteiger partial charge in [-0.15, -0.1) is 6.42 Å². The predicted octanol–water partition coefficient (Wildman–Crippen LogP) is 0.444. The van der Waals surface area contributed by atoms with E-state index in [1.807, 2.05) is 6.92 Å². The summed E-state index contributed by atoms with van der Waals surface area (Å²) >= 11 is 0. The Bertz CT molecular complexity index is 270. The van der Waals surface area contributed by atoms with Gasteiger partial charge in [0.2, 0.25) is 0 Å². The van der Waals surface area contributed by atoms with Crippen molar-refractivity contribution in [2.75, 3.05) is 11.5 Å². The van der Waals surface area contributed by atoms with Crippen molar-refractivity contribution in [3.8, 4) is 12.3 Å². The second kappa shape index (κ2) is 2.00. The Hall–Kier alpha value is -0.490. The average molecular weight is 158 g/mol. The Morgan fingerprint density at radius 2 is 2.20 bits per heavy atom. The third kappa shape index (κ3) is 1.32. The van der Waals surface area contributed by atoms with Crippen molar-refractivity contribution in [3.05, 3.63) is 0 Å². The second-order valence-electron chi connectivity index (χ2n) is 3.05. The SMILES string of the molecule is C#CC1(C)CCS(=O)(=O)C1. The molecule has 0 radical (unpaired) electrons. The average Bonchev–Trinajstić information content (AvgIpc) is 2.08. The van der Waals surface area contributed by atoms with Gasteiger partial charge in [-0.3, -0.25) is 0 Å². The molecule has 0 spiro atoms. The molecule has 0 aromatic carbocycles. The lowest BCUT2D eigenvalue weighted by molar-refractivity contribution is 0.517. The van der Waals surface area contributed by atoms with Crippen LogP contribution in [-0.2, 0) is 9.84 Å². The van der Waals surface area contributed by atoms with Crippen molar-refractivity contribution < 1.29 is 8.42 Å². The van der Waals surface area contributed by atoms with Crippen LogP contribution in [0.1, 0.15) is 13.3 Å². The Morgan fingerprint density at radius 1 is 1.60 bits per heavy atom. The molecule has 0 aliphatic carbocycles. The molecule has 2 nitrogen and oxygen atoms in total. The zero-order valence-electron chi connectivity index (χ0n) is 5.92. The van der Waals surface area contributed by atoms with E-state index in [-0.39, 0.29) is 11.5 Å². The Kier molecular flexibility index (Phi) is 1.52. The summed E-state index contributed by atoms with van der Waals surface area (Å²) in [5, 5.41) is 0. The van der Waals surface area contributed by atoms with Gasteiger partial charge >= 0.3 is 0 Å². The van der Waals surface area contributed by atoms with Crippen molar-refractivity contribution in [1.82, 2.24) is 0 Å². The summed E-state index contributed by atoms with van der Waals surface area (Å²) in [4.78, 5) is 0. The molecule has 1 aliphatic heterocycles. The van der Waals surface area contributed by atoms with E-state index in [0.29, 0.717) is 6.42 Å². The van der Waals surface area contributed by atoms with Crippen LogP contribution in [0.25, 0.3) is 0 Å². The number of hydrogen-bond acceptors (Lipinski definition) is 2. The number of terminal acetylenes is 1. The summed E-state index contributed by atoms with van der Waals surface area (Å²) in [6.07, 6.45) is 5.79. The number of sulfone groups is 1. The molecule has 1 atom stereocenters. The minimum atomic E-state index is -2.81. The largest absolute Gasteiger partial charge is 0.229 e. The fourth-order valence-corrected chi connectivity index (χ4v) is 3.23. The van der Waals surface area contributed by atoms with Crippen molar-refractivity contribution in [1.29, 1.82) is 0 Å². The summed E-state index contributed by atoms with van der Waals surface area (Å²) in [5.41, 5.74) is -0.390. The zero-order chi connectivity index (χ0) is 7.83. The Balaban J connectivity index is 2.89. The molecule has 0 bridgehead atoms. The van der Waals surface area contributed by atoms with Crippen LogP contribution in [0.2, 0.25) is 0 Å². The highest BCUT2D eigenvalue weighted by Gasteiger charge is 2.36. The highest BCUT2D eigenvalue weighted by molar-refractivity contribution is 7.91. The minimum Gasteiger partial charge on any atom is -0.229 e. The van der Waals surface area contributed by atoms with E-state index in [2.05, 4.69) is 5.92 Å². The Labute approximate surface area is 61.5 Å². The van der Waals surface area contributed by atoms with Gasteiger partial charge in [0, 0.05) is 5.41 Å². The van der Waals surface area contributed by atoms with Crippen LogP contribution in [0.4, 0.5) is 0 Å². The van der Waals surface area contributed by atoms with Crippen molar-refractivity contribution in [3.63, 3.8) is 0 Å². The molecule has 0 amide bonds. The maximum Gasteiger partial charge on any atom is 0.151 e. The van der Waals surface area contributed by atoms with Crippen molar-refractivity contribution in [2.24, 2.45) is 5.41 Å². The van der Waals surface area contributed by atoms with Gasteiger partial charge in [-0.05, 0) is 13.3 Å². The normalized spacial score (nSPS) is 37.2. The van der Waals surface area contributed by atoms with Crippen molar-refractivity contribution >= 4 is 9.84 Å². The van der Waals surface area contributed by atoms with E-state index in [4.69, 9.17) is 6.42 Å². The second-order valence-corrected chi connectivity index (χ2v) is 5.23. The van der Waals surface area contributed by atoms with Gasteiger partial charge in [-0.1, -0.05) is 5.92 Å². The van der Waals surface area contributed by atoms with E-state index >= 15 is 0 Å². The first-order valence-corrected chi connectivity index (χ1v) is 4.98. The monoisotopic (exact) mass is 158 g/mol. The van der Waals surface area contributed by atoms with Gasteiger partial charge in [-0.2, -0.15) is 0 Å². The maximum atomic E-state index is 10.9. The molecule has 56 valence electrons. The van der Waals surface area contributed by atoms with Gasteiger partial charge in [-0.25, -0.2) is 8.42 Å². The lowest BCUT2D eigenvalue weighted by Crippen LogP contribution is -2.14. The molecule has 1 rings (SSSR count). The molecular weight excluding hydrogens is 148 g/mol. The van der Waals surface area contributed by atoms with E-state index in [1.54, 1.807) is 0 Å². The molecule has 1 heterocycles. The van der Waals surface area contributed by atoms with Crippen LogP contribution in [0, 0.1) is 17.8 Å². The molecule has 0 aromatic heterocycles. The maximum absolute atomic E-state index is 10.9. The Morgan fingerprint density at radius 3 is 2.40 bits per heavy atom. The van der Waals surface area contributed by atoms with E-state index in [9.17, 15) is 8.42 Å². The van der Waals surface area contributed by atoms with Crippen LogP contribution in [0.3, 0.4) is 0 Å². The third-order valence-corrected chi connectivity index (χ3v) is 3.75. The molecule has 0 aromatic rings. The smallest absolute Gasteiger partial charge is 0.151 e. The molecular formula is C7H10O2S. The molecule has 3 heteroatoms. The van der Waals surface area contributed by atoms with Crippen LogP contribution in [0.5, 0.6) is 0 Å². The van der Waals surface area contributed by atoms with Crippen LogP contribution >= 0.6 is 0 Å². The quantitative estimate of drug-likeness (QED) is 0.479. The van der Waals surface area contributed by atoms with Gasteiger partial charge < -0.3 is 0 Å². The molecule has 1 saturated heterocycles. The zero-order valence-corrected chi connectivity index (χ0v) is 6.74. The van der Waals surface area contributed by atoms with Crippen molar-refractivity contribution in [2.45, 2.75) is 13.3 Å². The van der Waals surface area contributed by atoms with Gasteiger partial charge in [0.15, 0.2) is 9.84 Å². The molecule has 10 heavy (non-hydrogen) atoms. The fraction of sp³-hybridized carbons (Fsp3) is 0.714. The number of rotatable bonds is 0. The van der Waals surface area contributed by atoms with E-state index < -0.39 is 15.3 Å². The first kappa shape index (κ1) is 7.62. The minimum absolute atomic E-state index is 0.163. The van der Waals surface area contributed by atoms with E-state index in [1.165, 1.54) is 0 Å². The van der Waals surface area contributed by atoms with Crippen LogP contribution in [-0.4, -0.2) is 19.9 Å². The van der Waals surface area contributed by atoms with Gasteiger partial charge in [0.1, 0.15) is 0 Å². The van der Waals surface area contributed by atoms with E-state index in [0.717, 1.165) is 0 Å². The molecule has 1 unspecified atom stereocenters. The highest BCUT2D eigenvalue weighted by Crippen LogP contribution is 2.30. The topological polar surface area (TPSA) is 34.1 Å². The summed E-state index contributed by atoms with van der Waals surface area (Å²) in [5.74, 6) is 2.94.